The number of aromatic nitrogens is 3. The van der Waals surface area contributed by atoms with Crippen LogP contribution in [0.4, 0.5) is 36.6 Å². The van der Waals surface area contributed by atoms with Crippen LogP contribution < -0.4 is 4.90 Å². The van der Waals surface area contributed by atoms with Crippen molar-refractivity contribution in [3.05, 3.63) is 57.6 Å². The van der Waals surface area contributed by atoms with Crippen LogP contribution >= 0.6 is 11.3 Å². The van der Waals surface area contributed by atoms with Crippen LogP contribution in [0.15, 0.2) is 30.6 Å². The second-order valence-corrected chi connectivity index (χ2v) is 12.3. The standard InChI is InChI=1S/C29H29F7N6O3S/c30-19-11-17(10-18(12-19)28(31,32)33)27-22(16-42-4-1-2-23(42)29(34,35)36)46-25(39-27)13-21(43)20-14-38-24(15-37-20)41-8-6-40(7-9-41)5-3-26(44)45/h10-12,14-15,23H,1-9,13,16H2,(H,44,45)/t23-/m0/s1. The summed E-state index contributed by atoms with van der Waals surface area (Å²) in [5.41, 5.74) is -1.66. The van der Waals surface area contributed by atoms with Gasteiger partial charge in [0.15, 0.2) is 5.78 Å². The summed E-state index contributed by atoms with van der Waals surface area (Å²) in [6.45, 7) is 2.66. The summed E-state index contributed by atoms with van der Waals surface area (Å²) in [6.07, 6.45) is -6.84. The number of rotatable bonds is 10. The molecule has 9 nitrogen and oxygen atoms in total. The highest BCUT2D eigenvalue weighted by molar-refractivity contribution is 7.12. The van der Waals surface area contributed by atoms with Crippen LogP contribution in [0.3, 0.4) is 0 Å². The zero-order valence-electron chi connectivity index (χ0n) is 24.2. The molecular formula is C29H29F7N6O3S. The smallest absolute Gasteiger partial charge is 0.416 e. The van der Waals surface area contributed by atoms with E-state index in [1.807, 2.05) is 9.80 Å². The third-order valence-electron chi connectivity index (χ3n) is 7.90. The molecule has 1 atom stereocenters. The summed E-state index contributed by atoms with van der Waals surface area (Å²) in [5.74, 6) is -2.06. The first kappa shape index (κ1) is 33.7. The Morgan fingerprint density at radius 1 is 0.978 bits per heavy atom. The van der Waals surface area contributed by atoms with Gasteiger partial charge in [0.1, 0.15) is 28.4 Å². The van der Waals surface area contributed by atoms with Gasteiger partial charge < -0.3 is 10.0 Å². The van der Waals surface area contributed by atoms with Gasteiger partial charge in [-0.3, -0.25) is 19.4 Å². The number of thiazole rings is 1. The fourth-order valence-corrected chi connectivity index (χ4v) is 6.70. The summed E-state index contributed by atoms with van der Waals surface area (Å²) < 4.78 is 95.6. The number of likely N-dealkylation sites (tertiary alicyclic amines) is 1. The minimum Gasteiger partial charge on any atom is -0.481 e. The van der Waals surface area contributed by atoms with Crippen molar-refractivity contribution in [1.29, 1.82) is 0 Å². The Bertz CT molecular complexity index is 1560. The zero-order valence-corrected chi connectivity index (χ0v) is 25.1. The average Bonchev–Trinajstić information content (AvgIpc) is 3.63. The summed E-state index contributed by atoms with van der Waals surface area (Å²) in [5, 5.41) is 8.99. The van der Waals surface area contributed by atoms with Gasteiger partial charge in [-0.2, -0.15) is 26.3 Å². The van der Waals surface area contributed by atoms with E-state index in [1.54, 1.807) is 0 Å². The van der Waals surface area contributed by atoms with Crippen LogP contribution in [0.2, 0.25) is 0 Å². The van der Waals surface area contributed by atoms with Crippen molar-refractivity contribution in [2.45, 2.75) is 50.6 Å². The van der Waals surface area contributed by atoms with Crippen LogP contribution in [0.25, 0.3) is 11.3 Å². The molecule has 17 heteroatoms. The van der Waals surface area contributed by atoms with Crippen LogP contribution in [-0.2, 0) is 23.9 Å². The van der Waals surface area contributed by atoms with Crippen molar-refractivity contribution in [2.24, 2.45) is 0 Å². The van der Waals surface area contributed by atoms with Gasteiger partial charge in [-0.15, -0.1) is 11.3 Å². The number of piperazine rings is 1. The Kier molecular flexibility index (Phi) is 9.93. The summed E-state index contributed by atoms with van der Waals surface area (Å²) in [4.78, 5) is 42.1. The predicted molar refractivity (Wildman–Crippen MR) is 153 cm³/mol. The largest absolute Gasteiger partial charge is 0.481 e. The van der Waals surface area contributed by atoms with Crippen molar-refractivity contribution in [2.75, 3.05) is 44.2 Å². The fourth-order valence-electron chi connectivity index (χ4n) is 5.58. The van der Waals surface area contributed by atoms with Gasteiger partial charge in [-0.25, -0.2) is 19.3 Å². The first-order valence-electron chi connectivity index (χ1n) is 14.4. The molecule has 2 aliphatic rings. The van der Waals surface area contributed by atoms with Gasteiger partial charge in [0.2, 0.25) is 0 Å². The van der Waals surface area contributed by atoms with Gasteiger partial charge in [-0.1, -0.05) is 0 Å². The van der Waals surface area contributed by atoms with Crippen LogP contribution in [0, 0.1) is 5.82 Å². The van der Waals surface area contributed by atoms with Gasteiger partial charge in [0.25, 0.3) is 0 Å². The Labute approximate surface area is 262 Å². The summed E-state index contributed by atoms with van der Waals surface area (Å²) in [6, 6.07) is 0.101. The zero-order chi connectivity index (χ0) is 33.2. The average molecular weight is 675 g/mol. The number of halogens is 7. The number of carboxylic acid groups (broad SMARTS) is 1. The summed E-state index contributed by atoms with van der Waals surface area (Å²) >= 11 is 0.885. The molecule has 0 saturated carbocycles. The third-order valence-corrected chi connectivity index (χ3v) is 8.94. The van der Waals surface area contributed by atoms with E-state index in [9.17, 15) is 40.3 Å². The molecule has 4 heterocycles. The second kappa shape index (κ2) is 13.6. The number of ketones is 1. The molecule has 3 aromatic rings. The molecule has 0 radical (unpaired) electrons. The number of alkyl halides is 6. The fraction of sp³-hybridized carbons (Fsp3) is 0.483. The molecule has 1 N–H and O–H groups in total. The number of Topliss-reactive ketones (excluding diaryl/α,β-unsaturated/α-hetero) is 1. The Morgan fingerprint density at radius 2 is 1.72 bits per heavy atom. The highest BCUT2D eigenvalue weighted by Crippen LogP contribution is 2.39. The number of carbonyl (C=O) groups is 2. The van der Waals surface area contributed by atoms with E-state index in [0.717, 1.165) is 17.4 Å². The SMILES string of the molecule is O=C(O)CCN1CCN(c2cnc(C(=O)Cc3nc(-c4cc(F)cc(C(F)(F)F)c4)c(CN4CCC[C@H]4C(F)(F)F)s3)cn2)CC1. The predicted octanol–water partition coefficient (Wildman–Crippen LogP) is 5.31. The van der Waals surface area contributed by atoms with Gasteiger partial charge in [0.05, 0.1) is 36.5 Å². The topological polar surface area (TPSA) is 103 Å². The van der Waals surface area contributed by atoms with E-state index in [0.29, 0.717) is 50.7 Å². The quantitative estimate of drug-likeness (QED) is 0.227. The number of hydrogen-bond donors (Lipinski definition) is 1. The van der Waals surface area contributed by atoms with Crippen LogP contribution in [0.1, 0.15) is 45.2 Å². The number of nitrogens with zero attached hydrogens (tertiary/aromatic N) is 6. The van der Waals surface area contributed by atoms with E-state index >= 15 is 0 Å². The van der Waals surface area contributed by atoms with E-state index in [-0.39, 0.29) is 65.6 Å². The molecule has 1 aromatic carbocycles. The highest BCUT2D eigenvalue weighted by atomic mass is 32.1. The second-order valence-electron chi connectivity index (χ2n) is 11.1. The number of anilines is 1. The lowest BCUT2D eigenvalue weighted by molar-refractivity contribution is -0.177. The van der Waals surface area contributed by atoms with E-state index in [1.165, 1.54) is 17.3 Å². The monoisotopic (exact) mass is 674 g/mol. The first-order chi connectivity index (χ1) is 21.7. The van der Waals surface area contributed by atoms with Crippen molar-refractivity contribution >= 4 is 28.9 Å². The lowest BCUT2D eigenvalue weighted by Gasteiger charge is -2.34. The lowest BCUT2D eigenvalue weighted by atomic mass is 10.1. The Balaban J connectivity index is 1.34. The molecule has 0 bridgehead atoms. The lowest BCUT2D eigenvalue weighted by Crippen LogP contribution is -2.47. The van der Waals surface area contributed by atoms with Crippen LogP contribution in [0.5, 0.6) is 0 Å². The normalized spacial score (nSPS) is 18.3. The molecule has 2 aliphatic heterocycles. The number of carboxylic acids is 1. The minimum atomic E-state index is -4.87. The molecule has 2 saturated heterocycles. The van der Waals surface area contributed by atoms with Gasteiger partial charge in [-0.05, 0) is 37.6 Å². The minimum absolute atomic E-state index is 0.0102. The molecule has 46 heavy (non-hydrogen) atoms. The molecule has 248 valence electrons. The molecule has 2 aromatic heterocycles. The molecule has 0 unspecified atom stereocenters. The molecular weight excluding hydrogens is 645 g/mol. The number of aliphatic carboxylic acids is 1. The van der Waals surface area contributed by atoms with E-state index in [4.69, 9.17) is 5.11 Å². The van der Waals surface area contributed by atoms with Crippen molar-refractivity contribution < 1.29 is 45.4 Å². The maximum absolute atomic E-state index is 14.3. The summed E-state index contributed by atoms with van der Waals surface area (Å²) in [7, 11) is 0. The number of hydrogen-bond acceptors (Lipinski definition) is 9. The number of benzene rings is 1. The van der Waals surface area contributed by atoms with E-state index in [2.05, 4.69) is 15.0 Å². The van der Waals surface area contributed by atoms with Crippen molar-refractivity contribution in [3.63, 3.8) is 0 Å². The third kappa shape index (κ3) is 8.17. The highest BCUT2D eigenvalue weighted by Gasteiger charge is 2.46. The molecule has 5 rings (SSSR count). The van der Waals surface area contributed by atoms with Crippen molar-refractivity contribution in [1.82, 2.24) is 24.8 Å². The Morgan fingerprint density at radius 3 is 2.35 bits per heavy atom. The molecule has 0 amide bonds. The maximum Gasteiger partial charge on any atom is 0.416 e. The Hall–Kier alpha value is -3.70. The van der Waals surface area contributed by atoms with Crippen LogP contribution in [-0.4, -0.2) is 93.1 Å². The molecule has 2 fully saturated rings. The first-order valence-corrected chi connectivity index (χ1v) is 15.2. The van der Waals surface area contributed by atoms with Gasteiger partial charge >= 0.3 is 18.3 Å². The number of carbonyl (C=O) groups excluding carboxylic acids is 1. The van der Waals surface area contributed by atoms with E-state index < -0.39 is 41.5 Å². The van der Waals surface area contributed by atoms with Gasteiger partial charge in [0, 0.05) is 49.7 Å². The maximum atomic E-state index is 14.3. The molecule has 0 spiro atoms. The van der Waals surface area contributed by atoms with Crippen molar-refractivity contribution in [3.8, 4) is 11.3 Å². The molecule has 0 aliphatic carbocycles.